The van der Waals surface area contributed by atoms with Crippen LogP contribution in [-0.4, -0.2) is 16.3 Å². The molecule has 0 bridgehead atoms. The average Bonchev–Trinajstić information content (AvgIpc) is 2.95. The van der Waals surface area contributed by atoms with Crippen LogP contribution in [0.1, 0.15) is 42.4 Å². The van der Waals surface area contributed by atoms with E-state index in [1.54, 1.807) is 11.3 Å². The second kappa shape index (κ2) is 6.68. The summed E-state index contributed by atoms with van der Waals surface area (Å²) < 4.78 is 3.19. The summed E-state index contributed by atoms with van der Waals surface area (Å²) in [5.74, 6) is 0. The van der Waals surface area contributed by atoms with Crippen molar-refractivity contribution in [2.24, 2.45) is 0 Å². The van der Waals surface area contributed by atoms with Gasteiger partial charge in [0, 0.05) is 11.4 Å². The van der Waals surface area contributed by atoms with Crippen LogP contribution in [0.3, 0.4) is 0 Å². The van der Waals surface area contributed by atoms with Crippen molar-refractivity contribution in [2.45, 2.75) is 39.8 Å². The number of hydrogen-bond acceptors (Lipinski definition) is 3. The normalized spacial score (nSPS) is 12.8. The molecule has 104 valence electrons. The van der Waals surface area contributed by atoms with Gasteiger partial charge in [0.25, 0.3) is 0 Å². The van der Waals surface area contributed by atoms with Gasteiger partial charge in [0.15, 0.2) is 0 Å². The van der Waals surface area contributed by atoms with Gasteiger partial charge in [-0.1, -0.05) is 13.8 Å². The molecule has 1 unspecified atom stereocenters. The third-order valence-electron chi connectivity index (χ3n) is 3.11. The summed E-state index contributed by atoms with van der Waals surface area (Å²) in [5, 5.41) is 10.2. The van der Waals surface area contributed by atoms with E-state index in [-0.39, 0.29) is 6.04 Å². The molecule has 0 spiro atoms. The second-order valence-corrected chi connectivity index (χ2v) is 6.36. The van der Waals surface area contributed by atoms with Gasteiger partial charge in [0.2, 0.25) is 0 Å². The van der Waals surface area contributed by atoms with Crippen molar-refractivity contribution in [1.29, 1.82) is 0 Å². The molecule has 2 rings (SSSR count). The highest BCUT2D eigenvalue weighted by Gasteiger charge is 2.23. The molecule has 2 heterocycles. The first-order valence-electron chi connectivity index (χ1n) is 6.67. The molecular weight excluding hydrogens is 322 g/mol. The van der Waals surface area contributed by atoms with E-state index >= 15 is 0 Å². The van der Waals surface area contributed by atoms with Gasteiger partial charge in [-0.25, -0.2) is 0 Å². The third kappa shape index (κ3) is 3.09. The van der Waals surface area contributed by atoms with Crippen LogP contribution in [0.15, 0.2) is 22.1 Å². The first-order valence-corrected chi connectivity index (χ1v) is 8.34. The quantitative estimate of drug-likeness (QED) is 0.856. The van der Waals surface area contributed by atoms with E-state index in [4.69, 9.17) is 0 Å². The van der Waals surface area contributed by atoms with E-state index < -0.39 is 0 Å². The lowest BCUT2D eigenvalue weighted by atomic mass is 10.1. The maximum absolute atomic E-state index is 4.48. The first kappa shape index (κ1) is 14.8. The molecule has 2 aromatic rings. The molecule has 5 heteroatoms. The molecular formula is C14H20BrN3S. The molecule has 0 amide bonds. The first-order chi connectivity index (χ1) is 9.19. The van der Waals surface area contributed by atoms with Crippen molar-refractivity contribution in [3.05, 3.63) is 38.3 Å². The van der Waals surface area contributed by atoms with Gasteiger partial charge in [-0.3, -0.25) is 4.68 Å². The third-order valence-corrected chi connectivity index (χ3v) is 4.81. The Labute approximate surface area is 127 Å². The Morgan fingerprint density at radius 3 is 2.84 bits per heavy atom. The zero-order valence-electron chi connectivity index (χ0n) is 11.6. The predicted molar refractivity (Wildman–Crippen MR) is 84.8 cm³/mol. The van der Waals surface area contributed by atoms with Crippen molar-refractivity contribution in [3.8, 4) is 0 Å². The molecule has 0 fully saturated rings. The molecule has 0 aliphatic heterocycles. The fourth-order valence-electron chi connectivity index (χ4n) is 2.25. The van der Waals surface area contributed by atoms with Gasteiger partial charge >= 0.3 is 0 Å². The molecule has 0 saturated heterocycles. The number of thiophene rings is 1. The Morgan fingerprint density at radius 1 is 1.47 bits per heavy atom. The zero-order valence-corrected chi connectivity index (χ0v) is 14.0. The summed E-state index contributed by atoms with van der Waals surface area (Å²) >= 11 is 5.46. The number of rotatable bonds is 6. The number of aromatic nitrogens is 2. The van der Waals surface area contributed by atoms with E-state index in [1.807, 2.05) is 6.20 Å². The largest absolute Gasteiger partial charge is 0.305 e. The van der Waals surface area contributed by atoms with E-state index in [2.05, 4.69) is 63.2 Å². The van der Waals surface area contributed by atoms with Crippen molar-refractivity contribution >= 4 is 27.3 Å². The number of aryl methyl sites for hydroxylation is 2. The number of nitrogens with zero attached hydrogens (tertiary/aromatic N) is 2. The molecule has 1 atom stereocenters. The minimum Gasteiger partial charge on any atom is -0.305 e. The highest BCUT2D eigenvalue weighted by Crippen LogP contribution is 2.33. The fraction of sp³-hybridized carbons (Fsp3) is 0.500. The van der Waals surface area contributed by atoms with Gasteiger partial charge in [-0.05, 0) is 52.8 Å². The molecule has 19 heavy (non-hydrogen) atoms. The minimum atomic E-state index is 0.216. The Morgan fingerprint density at radius 2 is 2.26 bits per heavy atom. The molecule has 0 aliphatic rings. The van der Waals surface area contributed by atoms with Crippen molar-refractivity contribution in [2.75, 3.05) is 6.54 Å². The van der Waals surface area contributed by atoms with Crippen LogP contribution in [0.25, 0.3) is 0 Å². The molecule has 0 saturated carbocycles. The summed E-state index contributed by atoms with van der Waals surface area (Å²) in [6, 6.07) is 2.40. The van der Waals surface area contributed by atoms with Crippen LogP contribution in [0.4, 0.5) is 0 Å². The molecule has 2 aromatic heterocycles. The van der Waals surface area contributed by atoms with Gasteiger partial charge in [-0.2, -0.15) is 5.10 Å². The Kier molecular flexibility index (Phi) is 5.19. The number of hydrogen-bond donors (Lipinski definition) is 1. The van der Waals surface area contributed by atoms with Crippen LogP contribution in [-0.2, 0) is 6.54 Å². The SMILES string of the molecule is CCCn1ncc(Br)c1C(NCC)c1sccc1C. The maximum atomic E-state index is 4.48. The summed E-state index contributed by atoms with van der Waals surface area (Å²) in [5.41, 5.74) is 2.57. The van der Waals surface area contributed by atoms with Crippen LogP contribution in [0, 0.1) is 6.92 Å². The second-order valence-electron chi connectivity index (χ2n) is 4.56. The van der Waals surface area contributed by atoms with Gasteiger partial charge in [-0.15, -0.1) is 11.3 Å². The van der Waals surface area contributed by atoms with Crippen molar-refractivity contribution in [1.82, 2.24) is 15.1 Å². The number of halogens is 1. The molecule has 0 aliphatic carbocycles. The monoisotopic (exact) mass is 341 g/mol. The number of nitrogens with one attached hydrogen (secondary N) is 1. The van der Waals surface area contributed by atoms with Gasteiger partial charge in [0.05, 0.1) is 22.4 Å². The minimum absolute atomic E-state index is 0.216. The van der Waals surface area contributed by atoms with E-state index in [0.717, 1.165) is 24.0 Å². The molecule has 0 radical (unpaired) electrons. The Balaban J connectivity index is 2.44. The summed E-state index contributed by atoms with van der Waals surface area (Å²) in [6.45, 7) is 8.38. The van der Waals surface area contributed by atoms with Gasteiger partial charge < -0.3 is 5.32 Å². The van der Waals surface area contributed by atoms with Crippen LogP contribution < -0.4 is 5.32 Å². The lowest BCUT2D eigenvalue weighted by molar-refractivity contribution is 0.522. The summed E-state index contributed by atoms with van der Waals surface area (Å²) in [4.78, 5) is 1.38. The van der Waals surface area contributed by atoms with Crippen LogP contribution in [0.5, 0.6) is 0 Å². The molecule has 1 N–H and O–H groups in total. The Hall–Kier alpha value is -0.650. The lowest BCUT2D eigenvalue weighted by Crippen LogP contribution is -2.25. The lowest BCUT2D eigenvalue weighted by Gasteiger charge is -2.20. The smallest absolute Gasteiger partial charge is 0.0856 e. The maximum Gasteiger partial charge on any atom is 0.0856 e. The zero-order chi connectivity index (χ0) is 13.8. The van der Waals surface area contributed by atoms with Gasteiger partial charge in [0.1, 0.15) is 0 Å². The van der Waals surface area contributed by atoms with Crippen LogP contribution in [0.2, 0.25) is 0 Å². The van der Waals surface area contributed by atoms with E-state index in [1.165, 1.54) is 16.1 Å². The highest BCUT2D eigenvalue weighted by atomic mass is 79.9. The Bertz CT molecular complexity index is 533. The standard InChI is InChI=1S/C14H20BrN3S/c1-4-7-18-13(11(15)9-17-18)12(16-5-2)14-10(3)6-8-19-14/h6,8-9,12,16H,4-5,7H2,1-3H3. The molecule has 0 aromatic carbocycles. The predicted octanol–water partition coefficient (Wildman–Crippen LogP) is 4.12. The van der Waals surface area contributed by atoms with E-state index in [0.29, 0.717) is 0 Å². The van der Waals surface area contributed by atoms with Crippen molar-refractivity contribution < 1.29 is 0 Å². The average molecular weight is 342 g/mol. The topological polar surface area (TPSA) is 29.9 Å². The highest BCUT2D eigenvalue weighted by molar-refractivity contribution is 9.10. The summed E-state index contributed by atoms with van der Waals surface area (Å²) in [7, 11) is 0. The van der Waals surface area contributed by atoms with Crippen molar-refractivity contribution in [3.63, 3.8) is 0 Å². The summed E-state index contributed by atoms with van der Waals surface area (Å²) in [6.07, 6.45) is 2.99. The van der Waals surface area contributed by atoms with E-state index in [9.17, 15) is 0 Å². The van der Waals surface area contributed by atoms with Crippen LogP contribution >= 0.6 is 27.3 Å². The fourth-order valence-corrected chi connectivity index (χ4v) is 3.78. The molecule has 3 nitrogen and oxygen atoms in total.